The van der Waals surface area contributed by atoms with Gasteiger partial charge in [-0.3, -0.25) is 0 Å². The molecule has 0 saturated carbocycles. The largest absolute Gasteiger partial charge is 0.505 e. The molecule has 0 radical (unpaired) electrons. The molecule has 0 saturated heterocycles. The molecule has 22 heavy (non-hydrogen) atoms. The van der Waals surface area contributed by atoms with Gasteiger partial charge in [0.15, 0.2) is 11.6 Å². The molecule has 0 unspecified atom stereocenters. The van der Waals surface area contributed by atoms with Gasteiger partial charge in [-0.25, -0.2) is 17.5 Å². The Kier molecular flexibility index (Phi) is 4.26. The summed E-state index contributed by atoms with van der Waals surface area (Å²) in [6, 6.07) is 10.2. The lowest BCUT2D eigenvalue weighted by Crippen LogP contribution is -2.40. The molecule has 0 spiro atoms. The summed E-state index contributed by atoms with van der Waals surface area (Å²) < 4.78 is 40.4. The first-order valence-electron chi connectivity index (χ1n) is 6.71. The van der Waals surface area contributed by atoms with Crippen LogP contribution in [0.4, 0.5) is 4.39 Å². The second-order valence-corrected chi connectivity index (χ2v) is 7.73. The molecule has 0 fully saturated rings. The summed E-state index contributed by atoms with van der Waals surface area (Å²) in [6.07, 6.45) is 0. The smallest absolute Gasteiger partial charge is 0.241 e. The maximum atomic E-state index is 13.1. The lowest BCUT2D eigenvalue weighted by Gasteiger charge is -2.20. The molecule has 2 N–H and O–H groups in total. The van der Waals surface area contributed by atoms with E-state index in [1.807, 2.05) is 0 Å². The predicted octanol–water partition coefficient (Wildman–Crippen LogP) is 3.28. The van der Waals surface area contributed by atoms with Crippen LogP contribution in [0.15, 0.2) is 47.4 Å². The van der Waals surface area contributed by atoms with Gasteiger partial charge in [0.2, 0.25) is 10.0 Å². The monoisotopic (exact) mass is 323 g/mol. The van der Waals surface area contributed by atoms with Gasteiger partial charge in [0, 0.05) is 5.54 Å². The third-order valence-electron chi connectivity index (χ3n) is 2.86. The van der Waals surface area contributed by atoms with Crippen LogP contribution in [0, 0.1) is 5.82 Å². The lowest BCUT2D eigenvalue weighted by molar-refractivity contribution is 0.433. The zero-order chi connectivity index (χ0) is 16.5. The maximum Gasteiger partial charge on any atom is 0.241 e. The third kappa shape index (κ3) is 3.84. The number of benzene rings is 2. The number of nitrogens with one attached hydrogen (secondary N) is 1. The standard InChI is InChI=1S/C16H18FNO3S/c1-16(2,3)18-22(20,21)13-6-4-5-11(9-13)12-7-8-14(17)15(19)10-12/h4-10,18-19H,1-3H3. The van der Waals surface area contributed by atoms with Crippen LogP contribution in [-0.2, 0) is 10.0 Å². The first-order chi connectivity index (χ1) is 10.1. The molecule has 6 heteroatoms. The highest BCUT2D eigenvalue weighted by atomic mass is 32.2. The number of hydrogen-bond donors (Lipinski definition) is 2. The molecule has 2 aromatic rings. The van der Waals surface area contributed by atoms with Gasteiger partial charge in [-0.15, -0.1) is 0 Å². The Labute approximate surface area is 129 Å². The fourth-order valence-corrected chi connectivity index (χ4v) is 3.46. The van der Waals surface area contributed by atoms with Crippen LogP contribution in [-0.4, -0.2) is 19.1 Å². The Morgan fingerprint density at radius 3 is 2.27 bits per heavy atom. The molecule has 0 heterocycles. The van der Waals surface area contributed by atoms with Crippen molar-refractivity contribution in [2.24, 2.45) is 0 Å². The van der Waals surface area contributed by atoms with E-state index in [2.05, 4.69) is 4.72 Å². The van der Waals surface area contributed by atoms with Crippen LogP contribution < -0.4 is 4.72 Å². The van der Waals surface area contributed by atoms with Crippen molar-refractivity contribution in [3.8, 4) is 16.9 Å². The molecular formula is C16H18FNO3S. The van der Waals surface area contributed by atoms with Gasteiger partial charge in [0.25, 0.3) is 0 Å². The molecule has 0 atom stereocenters. The van der Waals surface area contributed by atoms with Crippen molar-refractivity contribution in [3.63, 3.8) is 0 Å². The maximum absolute atomic E-state index is 13.1. The average molecular weight is 323 g/mol. The topological polar surface area (TPSA) is 66.4 Å². The van der Waals surface area contributed by atoms with Crippen molar-refractivity contribution in [2.45, 2.75) is 31.2 Å². The predicted molar refractivity (Wildman–Crippen MR) is 83.6 cm³/mol. The van der Waals surface area contributed by atoms with E-state index in [0.717, 1.165) is 6.07 Å². The van der Waals surface area contributed by atoms with Crippen molar-refractivity contribution >= 4 is 10.0 Å². The fourth-order valence-electron chi connectivity index (χ4n) is 2.00. The van der Waals surface area contributed by atoms with Crippen LogP contribution in [0.3, 0.4) is 0 Å². The molecule has 0 aromatic heterocycles. The molecule has 0 bridgehead atoms. The summed E-state index contributed by atoms with van der Waals surface area (Å²) in [5.41, 5.74) is 0.516. The van der Waals surface area contributed by atoms with Gasteiger partial charge < -0.3 is 5.11 Å². The Morgan fingerprint density at radius 2 is 1.68 bits per heavy atom. The summed E-state index contributed by atoms with van der Waals surface area (Å²) in [4.78, 5) is 0.115. The minimum Gasteiger partial charge on any atom is -0.505 e. The Morgan fingerprint density at radius 1 is 1.05 bits per heavy atom. The zero-order valence-corrected chi connectivity index (χ0v) is 13.4. The van der Waals surface area contributed by atoms with E-state index in [1.165, 1.54) is 24.3 Å². The van der Waals surface area contributed by atoms with Gasteiger partial charge in [-0.1, -0.05) is 18.2 Å². The number of halogens is 1. The van der Waals surface area contributed by atoms with Crippen molar-refractivity contribution in [2.75, 3.05) is 0 Å². The second kappa shape index (κ2) is 5.70. The highest BCUT2D eigenvalue weighted by Gasteiger charge is 2.22. The van der Waals surface area contributed by atoms with E-state index in [0.29, 0.717) is 11.1 Å². The minimum atomic E-state index is -3.65. The number of phenolic OH excluding ortho intramolecular Hbond substituents is 1. The van der Waals surface area contributed by atoms with Crippen LogP contribution >= 0.6 is 0 Å². The molecule has 0 amide bonds. The second-order valence-electron chi connectivity index (χ2n) is 6.05. The molecular weight excluding hydrogens is 305 g/mol. The van der Waals surface area contributed by atoms with Crippen molar-refractivity contribution in [1.82, 2.24) is 4.72 Å². The quantitative estimate of drug-likeness (QED) is 0.911. The van der Waals surface area contributed by atoms with Gasteiger partial charge in [-0.2, -0.15) is 0 Å². The van der Waals surface area contributed by atoms with E-state index >= 15 is 0 Å². The Balaban J connectivity index is 2.44. The van der Waals surface area contributed by atoms with Crippen molar-refractivity contribution < 1.29 is 17.9 Å². The van der Waals surface area contributed by atoms with Gasteiger partial charge in [-0.05, 0) is 56.2 Å². The molecule has 2 rings (SSSR count). The SMILES string of the molecule is CC(C)(C)NS(=O)(=O)c1cccc(-c2ccc(F)c(O)c2)c1. The number of phenols is 1. The van der Waals surface area contributed by atoms with E-state index < -0.39 is 27.1 Å². The summed E-state index contributed by atoms with van der Waals surface area (Å²) in [7, 11) is -3.65. The normalized spacial score (nSPS) is 12.4. The highest BCUT2D eigenvalue weighted by Crippen LogP contribution is 2.27. The number of aromatic hydroxyl groups is 1. The minimum absolute atomic E-state index is 0.115. The summed E-state index contributed by atoms with van der Waals surface area (Å²) in [5.74, 6) is -1.19. The van der Waals surface area contributed by atoms with Crippen molar-refractivity contribution in [3.05, 3.63) is 48.3 Å². The fraction of sp³-hybridized carbons (Fsp3) is 0.250. The van der Waals surface area contributed by atoms with Crippen LogP contribution in [0.2, 0.25) is 0 Å². The van der Waals surface area contributed by atoms with Crippen LogP contribution in [0.1, 0.15) is 20.8 Å². The van der Waals surface area contributed by atoms with E-state index in [1.54, 1.807) is 32.9 Å². The van der Waals surface area contributed by atoms with E-state index in [-0.39, 0.29) is 4.90 Å². The summed E-state index contributed by atoms with van der Waals surface area (Å²) in [5, 5.41) is 9.44. The van der Waals surface area contributed by atoms with Gasteiger partial charge in [0.1, 0.15) is 0 Å². The first kappa shape index (κ1) is 16.5. The summed E-state index contributed by atoms with van der Waals surface area (Å²) in [6.45, 7) is 5.27. The average Bonchev–Trinajstić information content (AvgIpc) is 2.39. The summed E-state index contributed by atoms with van der Waals surface area (Å²) >= 11 is 0. The number of rotatable bonds is 3. The van der Waals surface area contributed by atoms with E-state index in [9.17, 15) is 17.9 Å². The molecule has 0 aliphatic rings. The van der Waals surface area contributed by atoms with Crippen LogP contribution in [0.25, 0.3) is 11.1 Å². The first-order valence-corrected chi connectivity index (χ1v) is 8.20. The zero-order valence-electron chi connectivity index (χ0n) is 12.6. The number of hydrogen-bond acceptors (Lipinski definition) is 3. The molecule has 2 aromatic carbocycles. The van der Waals surface area contributed by atoms with Gasteiger partial charge in [0.05, 0.1) is 4.90 Å². The number of sulfonamides is 1. The Hall–Kier alpha value is -1.92. The van der Waals surface area contributed by atoms with Crippen molar-refractivity contribution in [1.29, 1.82) is 0 Å². The molecule has 4 nitrogen and oxygen atoms in total. The molecule has 0 aliphatic carbocycles. The third-order valence-corrected chi connectivity index (χ3v) is 4.62. The van der Waals surface area contributed by atoms with Crippen LogP contribution in [0.5, 0.6) is 5.75 Å². The molecule has 0 aliphatic heterocycles. The Bertz CT molecular complexity index is 795. The highest BCUT2D eigenvalue weighted by molar-refractivity contribution is 7.89. The lowest BCUT2D eigenvalue weighted by atomic mass is 10.1. The molecule has 118 valence electrons. The van der Waals surface area contributed by atoms with E-state index in [4.69, 9.17) is 0 Å². The van der Waals surface area contributed by atoms with Gasteiger partial charge >= 0.3 is 0 Å².